The van der Waals surface area contributed by atoms with Crippen molar-refractivity contribution in [3.63, 3.8) is 0 Å². The average Bonchev–Trinajstić information content (AvgIpc) is 2.55. The second-order valence-electron chi connectivity index (χ2n) is 5.47. The molecule has 0 saturated carbocycles. The Hall–Kier alpha value is -1.87. The van der Waals surface area contributed by atoms with Gasteiger partial charge in [-0.1, -0.05) is 31.2 Å². The van der Waals surface area contributed by atoms with E-state index in [0.29, 0.717) is 12.0 Å². The van der Waals surface area contributed by atoms with Crippen molar-refractivity contribution in [3.8, 4) is 5.75 Å². The summed E-state index contributed by atoms with van der Waals surface area (Å²) in [6, 6.07) is 14.9. The lowest BCUT2D eigenvalue weighted by atomic mass is 9.84. The van der Waals surface area contributed by atoms with Crippen LogP contribution in [-0.2, 0) is 6.42 Å². The molecule has 2 atom stereocenters. The molecule has 2 heterocycles. The lowest BCUT2D eigenvalue weighted by molar-refractivity contribution is 0.245. The van der Waals surface area contributed by atoms with Crippen LogP contribution in [0.3, 0.4) is 0 Å². The fourth-order valence-electron chi connectivity index (χ4n) is 3.15. The zero-order valence-corrected chi connectivity index (χ0v) is 12.5. The van der Waals surface area contributed by atoms with Gasteiger partial charge >= 0.3 is 0 Å². The molecule has 1 N–H and O–H groups in total. The minimum atomic E-state index is 0.398. The van der Waals surface area contributed by atoms with E-state index < -0.39 is 0 Å². The van der Waals surface area contributed by atoms with Crippen LogP contribution in [-0.4, -0.2) is 24.2 Å². The number of benzene rings is 1. The Bertz CT molecular complexity index is 570. The largest absolute Gasteiger partial charge is 0.493 e. The molecule has 3 heteroatoms. The molecule has 1 aromatic heterocycles. The number of aromatic nitrogens is 1. The van der Waals surface area contributed by atoms with E-state index in [4.69, 9.17) is 4.74 Å². The number of rotatable bonds is 5. The summed E-state index contributed by atoms with van der Waals surface area (Å²) < 4.78 is 5.79. The highest BCUT2D eigenvalue weighted by Gasteiger charge is 2.28. The van der Waals surface area contributed by atoms with E-state index in [-0.39, 0.29) is 0 Å². The second kappa shape index (κ2) is 6.72. The highest BCUT2D eigenvalue weighted by molar-refractivity contribution is 5.39. The van der Waals surface area contributed by atoms with Crippen molar-refractivity contribution in [3.05, 3.63) is 59.9 Å². The van der Waals surface area contributed by atoms with E-state index >= 15 is 0 Å². The molecule has 110 valence electrons. The zero-order valence-electron chi connectivity index (χ0n) is 12.5. The van der Waals surface area contributed by atoms with Gasteiger partial charge in [0.1, 0.15) is 5.75 Å². The highest BCUT2D eigenvalue weighted by Crippen LogP contribution is 2.36. The summed E-state index contributed by atoms with van der Waals surface area (Å²) in [5.74, 6) is 1.52. The molecule has 0 spiro atoms. The average molecular weight is 282 g/mol. The molecule has 0 fully saturated rings. The van der Waals surface area contributed by atoms with Crippen LogP contribution in [0.4, 0.5) is 0 Å². The molecular formula is C18H22N2O. The first kappa shape index (κ1) is 14.1. The van der Waals surface area contributed by atoms with Gasteiger partial charge in [0.25, 0.3) is 0 Å². The minimum Gasteiger partial charge on any atom is -0.493 e. The number of likely N-dealkylation sites (N-methyl/N-ethyl adjacent to an activating group) is 1. The van der Waals surface area contributed by atoms with Gasteiger partial charge in [-0.2, -0.15) is 0 Å². The Labute approximate surface area is 126 Å². The van der Waals surface area contributed by atoms with Crippen LogP contribution in [0.25, 0.3) is 0 Å². The predicted octanol–water partition coefficient (Wildman–Crippen LogP) is 3.17. The Kier molecular flexibility index (Phi) is 4.51. The summed E-state index contributed by atoms with van der Waals surface area (Å²) in [6.07, 6.45) is 3.88. The third kappa shape index (κ3) is 3.24. The molecule has 21 heavy (non-hydrogen) atoms. The number of ether oxygens (including phenoxy) is 1. The lowest BCUT2D eigenvalue weighted by Crippen LogP contribution is -2.39. The smallest absolute Gasteiger partial charge is 0.122 e. The molecular weight excluding hydrogens is 260 g/mol. The normalized spacial score (nSPS) is 18.6. The first-order chi connectivity index (χ1) is 10.4. The number of nitrogens with one attached hydrogen (secondary N) is 1. The van der Waals surface area contributed by atoms with E-state index in [1.807, 2.05) is 18.3 Å². The summed E-state index contributed by atoms with van der Waals surface area (Å²) in [5, 5.41) is 3.65. The quantitative estimate of drug-likeness (QED) is 0.914. The molecule has 0 radical (unpaired) electrons. The van der Waals surface area contributed by atoms with Gasteiger partial charge in [0.15, 0.2) is 0 Å². The number of hydrogen-bond acceptors (Lipinski definition) is 3. The van der Waals surface area contributed by atoms with Gasteiger partial charge < -0.3 is 10.1 Å². The monoisotopic (exact) mass is 282 g/mol. The molecule has 3 nitrogen and oxygen atoms in total. The van der Waals surface area contributed by atoms with E-state index in [9.17, 15) is 0 Å². The summed E-state index contributed by atoms with van der Waals surface area (Å²) in [6.45, 7) is 3.93. The fourth-order valence-corrected chi connectivity index (χ4v) is 3.15. The Morgan fingerprint density at radius 2 is 2.10 bits per heavy atom. The third-order valence-corrected chi connectivity index (χ3v) is 4.11. The van der Waals surface area contributed by atoms with Crippen molar-refractivity contribution < 1.29 is 4.74 Å². The summed E-state index contributed by atoms with van der Waals surface area (Å²) >= 11 is 0. The molecule has 0 bridgehead atoms. The topological polar surface area (TPSA) is 34.2 Å². The van der Waals surface area contributed by atoms with Crippen molar-refractivity contribution in [1.82, 2.24) is 10.3 Å². The van der Waals surface area contributed by atoms with Crippen molar-refractivity contribution >= 4 is 0 Å². The maximum absolute atomic E-state index is 5.79. The van der Waals surface area contributed by atoms with Crippen molar-refractivity contribution in [2.75, 3.05) is 13.2 Å². The summed E-state index contributed by atoms with van der Waals surface area (Å²) in [7, 11) is 0. The molecule has 3 rings (SSSR count). The van der Waals surface area contributed by atoms with E-state index in [0.717, 1.165) is 37.4 Å². The second-order valence-corrected chi connectivity index (χ2v) is 5.47. The Balaban J connectivity index is 1.84. The Morgan fingerprint density at radius 3 is 2.90 bits per heavy atom. The van der Waals surface area contributed by atoms with Gasteiger partial charge in [0.05, 0.1) is 6.61 Å². The Morgan fingerprint density at radius 1 is 1.24 bits per heavy atom. The molecule has 1 aromatic carbocycles. The van der Waals surface area contributed by atoms with Crippen LogP contribution < -0.4 is 10.1 Å². The number of pyridine rings is 1. The van der Waals surface area contributed by atoms with E-state index in [1.54, 1.807) is 0 Å². The number of fused-ring (bicyclic) bond motifs is 1. The predicted molar refractivity (Wildman–Crippen MR) is 84.7 cm³/mol. The first-order valence-electron chi connectivity index (χ1n) is 7.73. The van der Waals surface area contributed by atoms with Crippen LogP contribution in [0.2, 0.25) is 0 Å². The maximum atomic E-state index is 5.79. The maximum Gasteiger partial charge on any atom is 0.122 e. The van der Waals surface area contributed by atoms with Crippen molar-refractivity contribution in [2.24, 2.45) is 0 Å². The molecule has 2 unspecified atom stereocenters. The highest BCUT2D eigenvalue weighted by atomic mass is 16.5. The molecule has 2 aromatic rings. The van der Waals surface area contributed by atoms with Gasteiger partial charge in [-0.15, -0.1) is 0 Å². The lowest BCUT2D eigenvalue weighted by Gasteiger charge is -2.32. The first-order valence-corrected chi connectivity index (χ1v) is 7.73. The molecule has 0 amide bonds. The van der Waals surface area contributed by atoms with Crippen LogP contribution in [0.1, 0.15) is 30.5 Å². The summed E-state index contributed by atoms with van der Waals surface area (Å²) in [4.78, 5) is 4.48. The molecule has 1 aliphatic rings. The third-order valence-electron chi connectivity index (χ3n) is 4.11. The summed E-state index contributed by atoms with van der Waals surface area (Å²) in [5.41, 5.74) is 2.47. The standard InChI is InChI=1S/C18H22N2O/c1-2-19-17(13-14-7-5-6-11-20-14)15-10-12-21-18-9-4-3-8-16(15)18/h3-9,11,15,17,19H,2,10,12-13H2,1H3. The van der Waals surface area contributed by atoms with Crippen LogP contribution >= 0.6 is 0 Å². The van der Waals surface area contributed by atoms with E-state index in [1.165, 1.54) is 5.56 Å². The van der Waals surface area contributed by atoms with Gasteiger partial charge in [0, 0.05) is 30.3 Å². The molecule has 0 aliphatic carbocycles. The number of nitrogens with zero attached hydrogens (tertiary/aromatic N) is 1. The fraction of sp³-hybridized carbons (Fsp3) is 0.389. The minimum absolute atomic E-state index is 0.398. The van der Waals surface area contributed by atoms with Gasteiger partial charge in [-0.25, -0.2) is 0 Å². The van der Waals surface area contributed by atoms with Gasteiger partial charge in [0.2, 0.25) is 0 Å². The zero-order chi connectivity index (χ0) is 14.5. The molecule has 0 saturated heterocycles. The van der Waals surface area contributed by atoms with Crippen molar-refractivity contribution in [2.45, 2.75) is 31.7 Å². The number of para-hydroxylation sites is 1. The van der Waals surface area contributed by atoms with E-state index in [2.05, 4.69) is 47.6 Å². The molecule has 1 aliphatic heterocycles. The SMILES string of the molecule is CCNC(Cc1ccccn1)C1CCOc2ccccc21. The van der Waals surface area contributed by atoms with Crippen molar-refractivity contribution in [1.29, 1.82) is 0 Å². The van der Waals surface area contributed by atoms with Crippen LogP contribution in [0, 0.1) is 0 Å². The number of hydrogen-bond donors (Lipinski definition) is 1. The van der Waals surface area contributed by atoms with Gasteiger partial charge in [-0.05, 0) is 36.7 Å². The van der Waals surface area contributed by atoms with Gasteiger partial charge in [-0.3, -0.25) is 4.98 Å². The van der Waals surface area contributed by atoms with Crippen LogP contribution in [0.5, 0.6) is 5.75 Å². The van der Waals surface area contributed by atoms with Crippen LogP contribution in [0.15, 0.2) is 48.7 Å².